The molecule has 0 bridgehead atoms. The van der Waals surface area contributed by atoms with E-state index in [9.17, 15) is 15.2 Å². The topological polar surface area (TPSA) is 88.3 Å². The normalized spacial score (nSPS) is 18.6. The standard InChI is InChI=1S/C9H13N3O3S/c13-9(3-1-2-4-9)6-11-8-10-5-7(16-8)12(14)15/h5,13H,1-4,6H2,(H,10,11). The number of hydrogen-bond donors (Lipinski definition) is 2. The Labute approximate surface area is 96.5 Å². The van der Waals surface area contributed by atoms with Crippen LogP contribution < -0.4 is 5.32 Å². The lowest BCUT2D eigenvalue weighted by Crippen LogP contribution is -2.33. The van der Waals surface area contributed by atoms with Crippen LogP contribution in [0.25, 0.3) is 0 Å². The van der Waals surface area contributed by atoms with Crippen molar-refractivity contribution in [1.82, 2.24) is 4.98 Å². The Morgan fingerprint density at radius 2 is 2.31 bits per heavy atom. The second-order valence-corrected chi connectivity index (χ2v) is 5.05. The maximum absolute atomic E-state index is 10.4. The summed E-state index contributed by atoms with van der Waals surface area (Å²) in [5.74, 6) is 0. The Bertz CT molecular complexity index is 387. The molecule has 1 aromatic rings. The lowest BCUT2D eigenvalue weighted by atomic mass is 10.0. The Kier molecular flexibility index (Phi) is 3.06. The van der Waals surface area contributed by atoms with E-state index in [1.54, 1.807) is 0 Å². The first-order valence-corrected chi connectivity index (χ1v) is 5.97. The van der Waals surface area contributed by atoms with Gasteiger partial charge in [-0.25, -0.2) is 4.98 Å². The highest BCUT2D eigenvalue weighted by atomic mass is 32.1. The second kappa shape index (κ2) is 4.34. The van der Waals surface area contributed by atoms with E-state index < -0.39 is 10.5 Å². The molecule has 88 valence electrons. The van der Waals surface area contributed by atoms with Gasteiger partial charge < -0.3 is 10.4 Å². The Hall–Kier alpha value is -1.21. The zero-order valence-corrected chi connectivity index (χ0v) is 9.50. The van der Waals surface area contributed by atoms with Crippen molar-refractivity contribution in [3.8, 4) is 0 Å². The van der Waals surface area contributed by atoms with Crippen molar-refractivity contribution in [3.05, 3.63) is 16.3 Å². The summed E-state index contributed by atoms with van der Waals surface area (Å²) >= 11 is 0.991. The molecule has 0 atom stereocenters. The highest BCUT2D eigenvalue weighted by molar-refractivity contribution is 7.18. The van der Waals surface area contributed by atoms with Crippen LogP contribution in [-0.4, -0.2) is 27.2 Å². The van der Waals surface area contributed by atoms with E-state index >= 15 is 0 Å². The van der Waals surface area contributed by atoms with Gasteiger partial charge in [0.1, 0.15) is 6.20 Å². The molecule has 0 saturated heterocycles. The van der Waals surface area contributed by atoms with E-state index in [1.165, 1.54) is 6.20 Å². The highest BCUT2D eigenvalue weighted by Crippen LogP contribution is 2.31. The molecule has 0 unspecified atom stereocenters. The van der Waals surface area contributed by atoms with Crippen LogP contribution in [0.3, 0.4) is 0 Å². The molecule has 0 amide bonds. The smallest absolute Gasteiger partial charge is 0.345 e. The van der Waals surface area contributed by atoms with Gasteiger partial charge in [0.15, 0.2) is 5.13 Å². The molecule has 1 aromatic heterocycles. The van der Waals surface area contributed by atoms with Gasteiger partial charge in [-0.3, -0.25) is 10.1 Å². The van der Waals surface area contributed by atoms with Crippen molar-refractivity contribution >= 4 is 21.5 Å². The maximum Gasteiger partial charge on any atom is 0.345 e. The third-order valence-electron chi connectivity index (χ3n) is 2.78. The van der Waals surface area contributed by atoms with E-state index in [4.69, 9.17) is 0 Å². The summed E-state index contributed by atoms with van der Waals surface area (Å²) in [6.07, 6.45) is 4.87. The summed E-state index contributed by atoms with van der Waals surface area (Å²) in [6, 6.07) is 0. The number of hydrogen-bond acceptors (Lipinski definition) is 6. The first kappa shape index (κ1) is 11.3. The number of rotatable bonds is 4. The summed E-state index contributed by atoms with van der Waals surface area (Å²) in [6.45, 7) is 0.414. The van der Waals surface area contributed by atoms with Crippen LogP contribution in [0.4, 0.5) is 10.1 Å². The molecule has 1 aliphatic carbocycles. The Balaban J connectivity index is 1.91. The van der Waals surface area contributed by atoms with Crippen LogP contribution in [0.15, 0.2) is 6.20 Å². The average Bonchev–Trinajstić information content (AvgIpc) is 2.84. The number of nitrogens with zero attached hydrogens (tertiary/aromatic N) is 2. The second-order valence-electron chi connectivity index (χ2n) is 4.05. The molecule has 0 spiro atoms. The maximum atomic E-state index is 10.4. The fraction of sp³-hybridized carbons (Fsp3) is 0.667. The summed E-state index contributed by atoms with van der Waals surface area (Å²) < 4.78 is 0. The van der Waals surface area contributed by atoms with Crippen molar-refractivity contribution in [2.24, 2.45) is 0 Å². The molecule has 2 N–H and O–H groups in total. The third-order valence-corrected chi connectivity index (χ3v) is 3.68. The number of anilines is 1. The van der Waals surface area contributed by atoms with Gasteiger partial charge in [0.2, 0.25) is 0 Å². The van der Waals surface area contributed by atoms with Gasteiger partial charge in [0.05, 0.1) is 10.5 Å². The summed E-state index contributed by atoms with van der Waals surface area (Å²) in [7, 11) is 0. The van der Waals surface area contributed by atoms with Crippen LogP contribution in [0.2, 0.25) is 0 Å². The first-order valence-electron chi connectivity index (χ1n) is 5.16. The third kappa shape index (κ3) is 2.48. The molecule has 16 heavy (non-hydrogen) atoms. The number of nitrogens with one attached hydrogen (secondary N) is 1. The van der Waals surface area contributed by atoms with Gasteiger partial charge in [0, 0.05) is 6.54 Å². The molecule has 0 aromatic carbocycles. The van der Waals surface area contributed by atoms with Crippen molar-refractivity contribution in [2.45, 2.75) is 31.3 Å². The number of thiazole rings is 1. The molecule has 2 rings (SSSR count). The minimum absolute atomic E-state index is 0.0147. The van der Waals surface area contributed by atoms with E-state index in [0.29, 0.717) is 11.7 Å². The van der Waals surface area contributed by atoms with E-state index in [-0.39, 0.29) is 5.00 Å². The molecule has 1 heterocycles. The van der Waals surface area contributed by atoms with E-state index in [0.717, 1.165) is 37.0 Å². The predicted molar refractivity (Wildman–Crippen MR) is 60.7 cm³/mol. The largest absolute Gasteiger partial charge is 0.388 e. The van der Waals surface area contributed by atoms with Crippen molar-refractivity contribution < 1.29 is 10.0 Å². The summed E-state index contributed by atoms with van der Waals surface area (Å²) in [4.78, 5) is 13.9. The van der Waals surface area contributed by atoms with Gasteiger partial charge in [-0.15, -0.1) is 0 Å². The number of nitro groups is 1. The van der Waals surface area contributed by atoms with Crippen LogP contribution >= 0.6 is 11.3 Å². The fourth-order valence-electron chi connectivity index (χ4n) is 1.88. The lowest BCUT2D eigenvalue weighted by molar-refractivity contribution is -0.380. The van der Waals surface area contributed by atoms with E-state index in [2.05, 4.69) is 10.3 Å². The van der Waals surface area contributed by atoms with Gasteiger partial charge in [-0.1, -0.05) is 12.8 Å². The zero-order chi connectivity index (χ0) is 11.6. The van der Waals surface area contributed by atoms with Gasteiger partial charge in [-0.05, 0) is 24.2 Å². The summed E-state index contributed by atoms with van der Waals surface area (Å²) in [5, 5.41) is 23.9. The highest BCUT2D eigenvalue weighted by Gasteiger charge is 2.31. The molecular formula is C9H13N3O3S. The fourth-order valence-corrected chi connectivity index (χ4v) is 2.51. The Morgan fingerprint density at radius 1 is 1.62 bits per heavy atom. The predicted octanol–water partition coefficient (Wildman–Crippen LogP) is 1.77. The van der Waals surface area contributed by atoms with Crippen LogP contribution in [0.5, 0.6) is 0 Å². The van der Waals surface area contributed by atoms with Crippen LogP contribution in [-0.2, 0) is 0 Å². The zero-order valence-electron chi connectivity index (χ0n) is 8.68. The number of aliphatic hydroxyl groups is 1. The first-order chi connectivity index (χ1) is 7.59. The molecule has 0 radical (unpaired) electrons. The van der Waals surface area contributed by atoms with E-state index in [1.807, 2.05) is 0 Å². The number of aromatic nitrogens is 1. The van der Waals surface area contributed by atoms with Gasteiger partial charge >= 0.3 is 5.00 Å². The van der Waals surface area contributed by atoms with Crippen LogP contribution in [0.1, 0.15) is 25.7 Å². The molecule has 0 aliphatic heterocycles. The molecule has 1 saturated carbocycles. The van der Waals surface area contributed by atoms with Crippen molar-refractivity contribution in [3.63, 3.8) is 0 Å². The minimum atomic E-state index is -0.666. The van der Waals surface area contributed by atoms with Gasteiger partial charge in [0.25, 0.3) is 0 Å². The van der Waals surface area contributed by atoms with Crippen molar-refractivity contribution in [2.75, 3.05) is 11.9 Å². The van der Waals surface area contributed by atoms with Crippen LogP contribution in [0, 0.1) is 10.1 Å². The molecule has 6 nitrogen and oxygen atoms in total. The van der Waals surface area contributed by atoms with Crippen molar-refractivity contribution in [1.29, 1.82) is 0 Å². The SMILES string of the molecule is O=[N+]([O-])c1cnc(NCC2(O)CCCC2)s1. The summed E-state index contributed by atoms with van der Waals surface area (Å²) in [5.41, 5.74) is -0.666. The van der Waals surface area contributed by atoms with Gasteiger partial charge in [-0.2, -0.15) is 0 Å². The lowest BCUT2D eigenvalue weighted by Gasteiger charge is -2.21. The molecular weight excluding hydrogens is 230 g/mol. The Morgan fingerprint density at radius 3 is 2.88 bits per heavy atom. The molecule has 1 aliphatic rings. The molecule has 7 heteroatoms. The quantitative estimate of drug-likeness (QED) is 0.621. The average molecular weight is 243 g/mol. The minimum Gasteiger partial charge on any atom is -0.388 e. The molecule has 1 fully saturated rings. The monoisotopic (exact) mass is 243 g/mol.